The van der Waals surface area contributed by atoms with Crippen molar-refractivity contribution in [2.24, 2.45) is 0 Å². The van der Waals surface area contributed by atoms with Crippen molar-refractivity contribution in [2.45, 2.75) is 59.5 Å². The Bertz CT molecular complexity index is 931. The summed E-state index contributed by atoms with van der Waals surface area (Å²) in [6.45, 7) is 9.58. The lowest BCUT2D eigenvalue weighted by atomic mass is 10.1. The van der Waals surface area contributed by atoms with Crippen molar-refractivity contribution in [3.8, 4) is 17.2 Å². The molecule has 0 aliphatic carbocycles. The van der Waals surface area contributed by atoms with E-state index in [1.165, 1.54) is 0 Å². The van der Waals surface area contributed by atoms with Gasteiger partial charge in [-0.15, -0.1) is 0 Å². The summed E-state index contributed by atoms with van der Waals surface area (Å²) >= 11 is 0. The first-order valence-corrected chi connectivity index (χ1v) is 12.1. The van der Waals surface area contributed by atoms with Crippen LogP contribution in [0.25, 0.3) is 0 Å². The molecule has 0 saturated heterocycles. The molecule has 186 valence electrons. The maximum Gasteiger partial charge on any atom is 0.242 e. The van der Waals surface area contributed by atoms with Gasteiger partial charge in [-0.2, -0.15) is 0 Å². The van der Waals surface area contributed by atoms with Crippen molar-refractivity contribution in [3.63, 3.8) is 0 Å². The van der Waals surface area contributed by atoms with E-state index in [4.69, 9.17) is 14.2 Å². The highest BCUT2D eigenvalue weighted by Gasteiger charge is 2.28. The first-order chi connectivity index (χ1) is 16.5. The fraction of sp³-hybridized carbons (Fsp3) is 0.481. The average molecular weight is 471 g/mol. The number of hydrogen-bond acceptors (Lipinski definition) is 5. The molecule has 0 saturated carbocycles. The number of ether oxygens (including phenoxy) is 3. The van der Waals surface area contributed by atoms with Gasteiger partial charge in [0.2, 0.25) is 11.8 Å². The molecular weight excluding hydrogens is 432 g/mol. The number of nitrogens with one attached hydrogen (secondary N) is 1. The van der Waals surface area contributed by atoms with Crippen molar-refractivity contribution in [1.29, 1.82) is 0 Å². The maximum absolute atomic E-state index is 13.4. The van der Waals surface area contributed by atoms with Crippen LogP contribution in [0.2, 0.25) is 0 Å². The lowest BCUT2D eigenvalue weighted by Gasteiger charge is -2.30. The third-order valence-corrected chi connectivity index (χ3v) is 5.46. The normalized spacial score (nSPS) is 11.4. The number of carbonyl (C=O) groups is 2. The van der Waals surface area contributed by atoms with Gasteiger partial charge in [-0.25, -0.2) is 0 Å². The van der Waals surface area contributed by atoms with Crippen LogP contribution < -0.4 is 19.5 Å². The van der Waals surface area contributed by atoms with Crippen LogP contribution in [0.3, 0.4) is 0 Å². The Morgan fingerprint density at radius 2 is 1.68 bits per heavy atom. The highest BCUT2D eigenvalue weighted by molar-refractivity contribution is 5.87. The highest BCUT2D eigenvalue weighted by atomic mass is 16.5. The molecule has 7 heteroatoms. The molecule has 0 heterocycles. The smallest absolute Gasteiger partial charge is 0.242 e. The minimum atomic E-state index is -0.544. The summed E-state index contributed by atoms with van der Waals surface area (Å²) in [7, 11) is 1.61. The van der Waals surface area contributed by atoms with Gasteiger partial charge in [0.25, 0.3) is 0 Å². The summed E-state index contributed by atoms with van der Waals surface area (Å²) in [6.07, 6.45) is 1.34. The number of rotatable bonds is 14. The van der Waals surface area contributed by atoms with E-state index < -0.39 is 6.04 Å². The van der Waals surface area contributed by atoms with E-state index in [0.717, 1.165) is 11.1 Å². The Hall–Kier alpha value is -3.22. The summed E-state index contributed by atoms with van der Waals surface area (Å²) < 4.78 is 16.7. The van der Waals surface area contributed by atoms with Gasteiger partial charge in [-0.3, -0.25) is 9.59 Å². The van der Waals surface area contributed by atoms with Gasteiger partial charge in [0, 0.05) is 19.5 Å². The second-order valence-electron chi connectivity index (χ2n) is 7.84. The molecule has 34 heavy (non-hydrogen) atoms. The van der Waals surface area contributed by atoms with E-state index in [-0.39, 0.29) is 18.2 Å². The molecule has 0 fully saturated rings. The molecule has 1 N–H and O–H groups in total. The molecular formula is C27H38N2O5. The number of likely N-dealkylation sites (N-methyl/N-ethyl adjacent to an activating group) is 1. The molecule has 0 spiro atoms. The van der Waals surface area contributed by atoms with Gasteiger partial charge >= 0.3 is 0 Å². The Morgan fingerprint density at radius 1 is 0.941 bits per heavy atom. The standard InChI is InChI=1S/C27H38N2O5/c1-6-23(27(31)28-7-2)29(19-21-11-10-12-22(17-21)32-5)26(30)16-14-20-13-15-24(33-8-3)25(18-20)34-9-4/h10-13,15,17-18,23H,6-9,14,16,19H2,1-5H3,(H,28,31)/t23-/m1/s1. The van der Waals surface area contributed by atoms with Crippen LogP contribution in [0.4, 0.5) is 0 Å². The van der Waals surface area contributed by atoms with Crippen LogP contribution in [0, 0.1) is 0 Å². The lowest BCUT2D eigenvalue weighted by molar-refractivity contribution is -0.141. The van der Waals surface area contributed by atoms with E-state index in [2.05, 4.69) is 5.32 Å². The molecule has 7 nitrogen and oxygen atoms in total. The monoisotopic (exact) mass is 470 g/mol. The van der Waals surface area contributed by atoms with Crippen LogP contribution >= 0.6 is 0 Å². The van der Waals surface area contributed by atoms with E-state index in [0.29, 0.717) is 56.4 Å². The zero-order chi connectivity index (χ0) is 24.9. The zero-order valence-electron chi connectivity index (χ0n) is 21.1. The average Bonchev–Trinajstić information content (AvgIpc) is 2.84. The summed E-state index contributed by atoms with van der Waals surface area (Å²) in [5.41, 5.74) is 1.89. The second kappa shape index (κ2) is 14.1. The largest absolute Gasteiger partial charge is 0.497 e. The van der Waals surface area contributed by atoms with E-state index in [9.17, 15) is 9.59 Å². The maximum atomic E-state index is 13.4. The minimum absolute atomic E-state index is 0.0761. The molecule has 2 amide bonds. The SMILES string of the molecule is CCNC(=O)[C@@H](CC)N(Cc1cccc(OC)c1)C(=O)CCc1ccc(OCC)c(OCC)c1. The predicted molar refractivity (Wildman–Crippen MR) is 133 cm³/mol. The van der Waals surface area contributed by atoms with E-state index in [1.807, 2.05) is 70.2 Å². The summed E-state index contributed by atoms with van der Waals surface area (Å²) in [5, 5.41) is 2.87. The van der Waals surface area contributed by atoms with Gasteiger partial charge in [-0.1, -0.05) is 25.1 Å². The molecule has 0 aliphatic heterocycles. The van der Waals surface area contributed by atoms with Gasteiger partial charge in [0.15, 0.2) is 11.5 Å². The van der Waals surface area contributed by atoms with Gasteiger partial charge < -0.3 is 24.4 Å². The third kappa shape index (κ3) is 7.68. The van der Waals surface area contributed by atoms with Crippen molar-refractivity contribution in [1.82, 2.24) is 10.2 Å². The highest BCUT2D eigenvalue weighted by Crippen LogP contribution is 2.29. The fourth-order valence-electron chi connectivity index (χ4n) is 3.82. The number of aryl methyl sites for hydroxylation is 1. The van der Waals surface area contributed by atoms with E-state index in [1.54, 1.807) is 12.0 Å². The quantitative estimate of drug-likeness (QED) is 0.444. The Morgan fingerprint density at radius 3 is 2.32 bits per heavy atom. The fourth-order valence-corrected chi connectivity index (χ4v) is 3.82. The predicted octanol–water partition coefficient (Wildman–Crippen LogP) is 4.37. The lowest BCUT2D eigenvalue weighted by Crippen LogP contribution is -2.49. The van der Waals surface area contributed by atoms with Gasteiger partial charge in [-0.05, 0) is 69.0 Å². The van der Waals surface area contributed by atoms with Crippen molar-refractivity contribution in [2.75, 3.05) is 26.9 Å². The first kappa shape index (κ1) is 27.0. The topological polar surface area (TPSA) is 77.1 Å². The molecule has 0 bridgehead atoms. The molecule has 0 aliphatic rings. The molecule has 1 atom stereocenters. The molecule has 2 aromatic carbocycles. The number of benzene rings is 2. The molecule has 2 aromatic rings. The summed E-state index contributed by atoms with van der Waals surface area (Å²) in [6, 6.07) is 12.8. The van der Waals surface area contributed by atoms with Crippen LogP contribution in [0.15, 0.2) is 42.5 Å². The van der Waals surface area contributed by atoms with Crippen LogP contribution in [-0.4, -0.2) is 49.6 Å². The second-order valence-corrected chi connectivity index (χ2v) is 7.84. The Balaban J connectivity index is 2.23. The van der Waals surface area contributed by atoms with Crippen LogP contribution in [0.1, 0.15) is 51.7 Å². The first-order valence-electron chi connectivity index (χ1n) is 12.1. The van der Waals surface area contributed by atoms with Crippen molar-refractivity contribution in [3.05, 3.63) is 53.6 Å². The summed E-state index contributed by atoms with van der Waals surface area (Å²) in [5.74, 6) is 1.88. The van der Waals surface area contributed by atoms with Gasteiger partial charge in [0.1, 0.15) is 11.8 Å². The number of carbonyl (C=O) groups excluding carboxylic acids is 2. The molecule has 2 rings (SSSR count). The van der Waals surface area contributed by atoms with Gasteiger partial charge in [0.05, 0.1) is 20.3 Å². The Labute approximate surface area is 203 Å². The molecule has 0 aromatic heterocycles. The molecule has 0 radical (unpaired) electrons. The molecule has 0 unspecified atom stereocenters. The number of methoxy groups -OCH3 is 1. The Kier molecular flexibility index (Phi) is 11.2. The minimum Gasteiger partial charge on any atom is -0.497 e. The van der Waals surface area contributed by atoms with Crippen LogP contribution in [0.5, 0.6) is 17.2 Å². The van der Waals surface area contributed by atoms with Crippen molar-refractivity contribution >= 4 is 11.8 Å². The zero-order valence-corrected chi connectivity index (χ0v) is 21.1. The summed E-state index contributed by atoms with van der Waals surface area (Å²) in [4.78, 5) is 27.9. The number of hydrogen-bond donors (Lipinski definition) is 1. The number of amides is 2. The van der Waals surface area contributed by atoms with Crippen molar-refractivity contribution < 1.29 is 23.8 Å². The van der Waals surface area contributed by atoms with E-state index >= 15 is 0 Å². The third-order valence-electron chi connectivity index (χ3n) is 5.46. The number of nitrogens with zero attached hydrogens (tertiary/aromatic N) is 1. The van der Waals surface area contributed by atoms with Crippen LogP contribution in [-0.2, 0) is 22.6 Å².